The van der Waals surface area contributed by atoms with E-state index in [1.54, 1.807) is 7.11 Å². The molecule has 3 heteroatoms. The number of ether oxygens (including phenoxy) is 1. The fourth-order valence-corrected chi connectivity index (χ4v) is 2.32. The molecule has 0 radical (unpaired) electrons. The van der Waals surface area contributed by atoms with E-state index in [2.05, 4.69) is 48.8 Å². The van der Waals surface area contributed by atoms with Gasteiger partial charge in [-0.1, -0.05) is 26.8 Å². The lowest BCUT2D eigenvalue weighted by Gasteiger charge is -2.32. The van der Waals surface area contributed by atoms with Crippen LogP contribution in [0.2, 0.25) is 0 Å². The summed E-state index contributed by atoms with van der Waals surface area (Å²) < 4.78 is 6.17. The second kappa shape index (κ2) is 5.87. The summed E-state index contributed by atoms with van der Waals surface area (Å²) >= 11 is 3.49. The van der Waals surface area contributed by atoms with Crippen LogP contribution in [0.25, 0.3) is 0 Å². The predicted octanol–water partition coefficient (Wildman–Crippen LogP) is 3.65. The zero-order valence-electron chi connectivity index (χ0n) is 11.0. The third kappa shape index (κ3) is 3.46. The van der Waals surface area contributed by atoms with Gasteiger partial charge in [-0.3, -0.25) is 0 Å². The second-order valence-corrected chi connectivity index (χ2v) is 5.97. The summed E-state index contributed by atoms with van der Waals surface area (Å²) in [5.41, 5.74) is 1.14. The zero-order valence-corrected chi connectivity index (χ0v) is 12.5. The minimum Gasteiger partial charge on any atom is -0.496 e. The molecule has 0 fully saturated rings. The van der Waals surface area contributed by atoms with E-state index in [1.807, 2.05) is 6.07 Å². The predicted molar refractivity (Wildman–Crippen MR) is 74.4 cm³/mol. The maximum Gasteiger partial charge on any atom is 0.133 e. The summed E-state index contributed by atoms with van der Waals surface area (Å²) in [5, 5.41) is 9.55. The molecule has 1 aromatic carbocycles. The van der Waals surface area contributed by atoms with Crippen molar-refractivity contribution in [1.29, 1.82) is 0 Å². The van der Waals surface area contributed by atoms with Crippen molar-refractivity contribution in [2.75, 3.05) is 13.7 Å². The van der Waals surface area contributed by atoms with E-state index in [0.29, 0.717) is 5.92 Å². The molecule has 0 amide bonds. The maximum atomic E-state index is 9.55. The summed E-state index contributed by atoms with van der Waals surface area (Å²) in [7, 11) is 1.66. The van der Waals surface area contributed by atoms with E-state index in [-0.39, 0.29) is 12.0 Å². The molecular formula is C14H21BrO2. The van der Waals surface area contributed by atoms with Crippen LogP contribution in [0.1, 0.15) is 26.3 Å². The average molecular weight is 301 g/mol. The molecule has 0 aliphatic rings. The Kier molecular flexibility index (Phi) is 5.02. The van der Waals surface area contributed by atoms with Crippen LogP contribution in [-0.4, -0.2) is 18.8 Å². The van der Waals surface area contributed by atoms with Gasteiger partial charge < -0.3 is 9.84 Å². The molecule has 0 heterocycles. The van der Waals surface area contributed by atoms with Gasteiger partial charge in [0.25, 0.3) is 0 Å². The summed E-state index contributed by atoms with van der Waals surface area (Å²) in [6.07, 6.45) is 0.865. The highest BCUT2D eigenvalue weighted by Crippen LogP contribution is 2.33. The molecule has 1 N–H and O–H groups in total. The van der Waals surface area contributed by atoms with Crippen LogP contribution in [-0.2, 0) is 6.42 Å². The highest BCUT2D eigenvalue weighted by molar-refractivity contribution is 9.10. The van der Waals surface area contributed by atoms with Gasteiger partial charge in [0.1, 0.15) is 5.75 Å². The SMILES string of the molecule is COc1ccc(CC(C)(CO)C(C)C)cc1Br. The molecular weight excluding hydrogens is 280 g/mol. The van der Waals surface area contributed by atoms with E-state index >= 15 is 0 Å². The molecule has 0 saturated carbocycles. The van der Waals surface area contributed by atoms with E-state index in [1.165, 1.54) is 5.56 Å². The standard InChI is InChI=1S/C14H21BrO2/c1-10(2)14(3,9-16)8-11-5-6-13(17-4)12(15)7-11/h5-7,10,16H,8-9H2,1-4H3. The van der Waals surface area contributed by atoms with Gasteiger partial charge in [-0.2, -0.15) is 0 Å². The number of aliphatic hydroxyl groups excluding tert-OH is 1. The van der Waals surface area contributed by atoms with Crippen LogP contribution < -0.4 is 4.74 Å². The largest absolute Gasteiger partial charge is 0.496 e. The Morgan fingerprint density at radius 2 is 2.06 bits per heavy atom. The molecule has 96 valence electrons. The topological polar surface area (TPSA) is 29.5 Å². The summed E-state index contributed by atoms with van der Waals surface area (Å²) in [6, 6.07) is 6.08. The second-order valence-electron chi connectivity index (χ2n) is 5.11. The van der Waals surface area contributed by atoms with Crippen LogP contribution in [0.4, 0.5) is 0 Å². The molecule has 1 rings (SSSR count). The zero-order chi connectivity index (χ0) is 13.1. The lowest BCUT2D eigenvalue weighted by Crippen LogP contribution is -2.30. The number of hydrogen-bond acceptors (Lipinski definition) is 2. The lowest BCUT2D eigenvalue weighted by molar-refractivity contribution is 0.0947. The number of hydrogen-bond donors (Lipinski definition) is 1. The van der Waals surface area contributed by atoms with Crippen molar-refractivity contribution in [2.24, 2.45) is 11.3 Å². The van der Waals surface area contributed by atoms with Crippen LogP contribution in [0.3, 0.4) is 0 Å². The fraction of sp³-hybridized carbons (Fsp3) is 0.571. The van der Waals surface area contributed by atoms with Crippen molar-refractivity contribution in [2.45, 2.75) is 27.2 Å². The fourth-order valence-electron chi connectivity index (χ4n) is 1.73. The van der Waals surface area contributed by atoms with Gasteiger partial charge in [0, 0.05) is 6.61 Å². The van der Waals surface area contributed by atoms with Gasteiger partial charge >= 0.3 is 0 Å². The van der Waals surface area contributed by atoms with Gasteiger partial charge in [-0.25, -0.2) is 0 Å². The molecule has 0 aliphatic heterocycles. The third-order valence-corrected chi connectivity index (χ3v) is 4.20. The smallest absolute Gasteiger partial charge is 0.133 e. The minimum atomic E-state index is -0.0754. The van der Waals surface area contributed by atoms with Gasteiger partial charge in [0.2, 0.25) is 0 Å². The van der Waals surface area contributed by atoms with Crippen molar-refractivity contribution in [1.82, 2.24) is 0 Å². The Morgan fingerprint density at radius 1 is 1.41 bits per heavy atom. The molecule has 0 spiro atoms. The molecule has 0 aromatic heterocycles. The van der Waals surface area contributed by atoms with Gasteiger partial charge in [0.15, 0.2) is 0 Å². The molecule has 1 unspecified atom stereocenters. The van der Waals surface area contributed by atoms with E-state index in [4.69, 9.17) is 4.74 Å². The van der Waals surface area contributed by atoms with Crippen molar-refractivity contribution in [3.63, 3.8) is 0 Å². The quantitative estimate of drug-likeness (QED) is 0.899. The van der Waals surface area contributed by atoms with Gasteiger partial charge in [-0.05, 0) is 51.4 Å². The highest BCUT2D eigenvalue weighted by atomic mass is 79.9. The highest BCUT2D eigenvalue weighted by Gasteiger charge is 2.27. The molecule has 1 atom stereocenters. The number of rotatable bonds is 5. The Balaban J connectivity index is 2.91. The minimum absolute atomic E-state index is 0.0754. The lowest BCUT2D eigenvalue weighted by atomic mass is 9.75. The Bertz CT molecular complexity index is 376. The van der Waals surface area contributed by atoms with Crippen LogP contribution in [0.15, 0.2) is 22.7 Å². The Morgan fingerprint density at radius 3 is 2.47 bits per heavy atom. The van der Waals surface area contributed by atoms with Gasteiger partial charge in [-0.15, -0.1) is 0 Å². The van der Waals surface area contributed by atoms with E-state index < -0.39 is 0 Å². The molecule has 1 aromatic rings. The molecule has 17 heavy (non-hydrogen) atoms. The van der Waals surface area contributed by atoms with Crippen LogP contribution >= 0.6 is 15.9 Å². The van der Waals surface area contributed by atoms with Crippen LogP contribution in [0, 0.1) is 11.3 Å². The number of benzene rings is 1. The van der Waals surface area contributed by atoms with Crippen LogP contribution in [0.5, 0.6) is 5.75 Å². The average Bonchev–Trinajstić information content (AvgIpc) is 2.29. The first-order chi connectivity index (χ1) is 7.92. The summed E-state index contributed by atoms with van der Waals surface area (Å²) in [6.45, 7) is 6.62. The molecule has 2 nitrogen and oxygen atoms in total. The molecule has 0 saturated heterocycles. The summed E-state index contributed by atoms with van der Waals surface area (Å²) in [5.74, 6) is 1.28. The van der Waals surface area contributed by atoms with Crippen molar-refractivity contribution in [3.05, 3.63) is 28.2 Å². The number of methoxy groups -OCH3 is 1. The number of aliphatic hydroxyl groups is 1. The van der Waals surface area contributed by atoms with E-state index in [0.717, 1.165) is 16.6 Å². The summed E-state index contributed by atoms with van der Waals surface area (Å²) in [4.78, 5) is 0. The Labute approximate surface area is 112 Å². The first-order valence-corrected chi connectivity index (χ1v) is 6.65. The third-order valence-electron chi connectivity index (χ3n) is 3.58. The normalized spacial score (nSPS) is 14.8. The van der Waals surface area contributed by atoms with E-state index in [9.17, 15) is 5.11 Å². The first-order valence-electron chi connectivity index (χ1n) is 5.86. The first kappa shape index (κ1) is 14.5. The maximum absolute atomic E-state index is 9.55. The number of halogens is 1. The van der Waals surface area contributed by atoms with Crippen molar-refractivity contribution in [3.8, 4) is 5.75 Å². The Hall–Kier alpha value is -0.540. The van der Waals surface area contributed by atoms with Crippen molar-refractivity contribution >= 4 is 15.9 Å². The molecule has 0 aliphatic carbocycles. The molecule has 0 bridgehead atoms. The monoisotopic (exact) mass is 300 g/mol. The van der Waals surface area contributed by atoms with Crippen molar-refractivity contribution < 1.29 is 9.84 Å². The van der Waals surface area contributed by atoms with Gasteiger partial charge in [0.05, 0.1) is 11.6 Å².